The Hall–Kier alpha value is -6.06. The summed E-state index contributed by atoms with van der Waals surface area (Å²) in [6.07, 6.45) is 0. The van der Waals surface area contributed by atoms with E-state index < -0.39 is 5.79 Å². The van der Waals surface area contributed by atoms with Crippen molar-refractivity contribution in [2.24, 2.45) is 0 Å². The van der Waals surface area contributed by atoms with E-state index in [0.29, 0.717) is 0 Å². The van der Waals surface area contributed by atoms with E-state index in [0.717, 1.165) is 66.8 Å². The van der Waals surface area contributed by atoms with Crippen LogP contribution < -0.4 is 9.47 Å². The molecule has 0 bridgehead atoms. The fourth-order valence-electron chi connectivity index (χ4n) is 6.92. The number of furan rings is 1. The predicted octanol–water partition coefficient (Wildman–Crippen LogP) is 12.4. The highest BCUT2D eigenvalue weighted by Gasteiger charge is 2.30. The molecule has 48 heavy (non-hydrogen) atoms. The average Bonchev–Trinajstić information content (AvgIpc) is 3.46. The quantitative estimate of drug-likeness (QED) is 0.196. The molecular formula is C45H32O3. The van der Waals surface area contributed by atoms with Crippen molar-refractivity contribution in [2.75, 3.05) is 0 Å². The van der Waals surface area contributed by atoms with Crippen molar-refractivity contribution in [2.45, 2.75) is 19.6 Å². The van der Waals surface area contributed by atoms with Crippen molar-refractivity contribution < 1.29 is 13.9 Å². The van der Waals surface area contributed by atoms with Gasteiger partial charge < -0.3 is 13.9 Å². The first-order chi connectivity index (χ1) is 23.5. The van der Waals surface area contributed by atoms with Gasteiger partial charge in [-0.05, 0) is 87.5 Å². The van der Waals surface area contributed by atoms with Crippen LogP contribution in [0.1, 0.15) is 13.8 Å². The Balaban J connectivity index is 1.19. The molecule has 3 heteroatoms. The molecular weight excluding hydrogens is 588 g/mol. The van der Waals surface area contributed by atoms with Gasteiger partial charge >= 0.3 is 0 Å². The van der Waals surface area contributed by atoms with E-state index in [1.54, 1.807) is 0 Å². The summed E-state index contributed by atoms with van der Waals surface area (Å²) < 4.78 is 19.5. The van der Waals surface area contributed by atoms with Gasteiger partial charge in [0, 0.05) is 41.3 Å². The number of benzene rings is 7. The topological polar surface area (TPSA) is 31.6 Å². The molecule has 0 unspecified atom stereocenters. The standard InChI is InChI=1S/C45H32O3/c1-45(2)47-42-23-21-32(36-17-11-18-39-37-16-9-10-19-41(37)46-44(36)39)27-40(42)38-22-20-31(28-43(38)48-45)35-25-33(29-12-5-3-6-13-29)24-34(26-35)30-14-7-4-8-15-30/h3-28H,1-2H3. The molecule has 1 aliphatic rings. The van der Waals surface area contributed by atoms with Crippen LogP contribution in [0.15, 0.2) is 162 Å². The molecule has 0 saturated heterocycles. The number of fused-ring (bicyclic) bond motifs is 6. The van der Waals surface area contributed by atoms with Gasteiger partial charge in [-0.2, -0.15) is 0 Å². The normalized spacial score (nSPS) is 13.3. The molecule has 0 atom stereocenters. The van der Waals surface area contributed by atoms with Gasteiger partial charge in [-0.3, -0.25) is 0 Å². The largest absolute Gasteiger partial charge is 0.455 e. The molecule has 0 radical (unpaired) electrons. The molecule has 0 saturated carbocycles. The van der Waals surface area contributed by atoms with Gasteiger partial charge in [-0.1, -0.05) is 109 Å². The average molecular weight is 621 g/mol. The second kappa shape index (κ2) is 11.0. The Morgan fingerprint density at radius 1 is 0.375 bits per heavy atom. The summed E-state index contributed by atoms with van der Waals surface area (Å²) in [6, 6.07) is 55.3. The highest BCUT2D eigenvalue weighted by Crippen LogP contribution is 2.47. The summed E-state index contributed by atoms with van der Waals surface area (Å²) in [5.74, 6) is 0.686. The summed E-state index contributed by atoms with van der Waals surface area (Å²) in [6.45, 7) is 3.93. The molecule has 1 aromatic heterocycles. The number of para-hydroxylation sites is 2. The lowest BCUT2D eigenvalue weighted by Crippen LogP contribution is -2.34. The summed E-state index contributed by atoms with van der Waals surface area (Å²) in [4.78, 5) is 0. The highest BCUT2D eigenvalue weighted by atomic mass is 16.7. The second-order valence-corrected chi connectivity index (χ2v) is 12.8. The van der Waals surface area contributed by atoms with Gasteiger partial charge in [0.1, 0.15) is 22.7 Å². The molecule has 9 rings (SSSR count). The molecule has 8 aromatic rings. The first-order valence-corrected chi connectivity index (χ1v) is 16.3. The lowest BCUT2D eigenvalue weighted by atomic mass is 9.91. The van der Waals surface area contributed by atoms with Crippen LogP contribution in [-0.2, 0) is 0 Å². The lowest BCUT2D eigenvalue weighted by molar-refractivity contribution is -0.0778. The van der Waals surface area contributed by atoms with Gasteiger partial charge in [-0.25, -0.2) is 0 Å². The molecule has 1 aliphatic heterocycles. The fourth-order valence-corrected chi connectivity index (χ4v) is 6.92. The molecule has 0 spiro atoms. The van der Waals surface area contributed by atoms with Crippen molar-refractivity contribution in [1.82, 2.24) is 0 Å². The lowest BCUT2D eigenvalue weighted by Gasteiger charge is -2.26. The van der Waals surface area contributed by atoms with Crippen LogP contribution in [0.3, 0.4) is 0 Å². The number of ether oxygens (including phenoxy) is 2. The van der Waals surface area contributed by atoms with Gasteiger partial charge in [-0.15, -0.1) is 0 Å². The Bertz CT molecular complexity index is 2410. The summed E-state index contributed by atoms with van der Waals surface area (Å²) in [5.41, 5.74) is 12.7. The molecule has 0 amide bonds. The molecule has 0 aliphatic carbocycles. The van der Waals surface area contributed by atoms with Crippen LogP contribution in [0, 0.1) is 0 Å². The monoisotopic (exact) mass is 620 g/mol. The van der Waals surface area contributed by atoms with Crippen molar-refractivity contribution >= 4 is 21.9 Å². The van der Waals surface area contributed by atoms with Crippen molar-refractivity contribution in [3.05, 3.63) is 158 Å². The predicted molar refractivity (Wildman–Crippen MR) is 196 cm³/mol. The van der Waals surface area contributed by atoms with E-state index in [-0.39, 0.29) is 0 Å². The van der Waals surface area contributed by atoms with Crippen molar-refractivity contribution in [1.29, 1.82) is 0 Å². The number of hydrogen-bond acceptors (Lipinski definition) is 3. The van der Waals surface area contributed by atoms with Gasteiger partial charge in [0.25, 0.3) is 0 Å². The summed E-state index contributed by atoms with van der Waals surface area (Å²) >= 11 is 0. The van der Waals surface area contributed by atoms with E-state index in [4.69, 9.17) is 13.9 Å². The Morgan fingerprint density at radius 3 is 1.71 bits per heavy atom. The minimum Gasteiger partial charge on any atom is -0.455 e. The highest BCUT2D eigenvalue weighted by molar-refractivity contribution is 6.09. The molecule has 3 nitrogen and oxygen atoms in total. The third-order valence-corrected chi connectivity index (χ3v) is 9.16. The van der Waals surface area contributed by atoms with Crippen molar-refractivity contribution in [3.63, 3.8) is 0 Å². The number of rotatable bonds is 4. The van der Waals surface area contributed by atoms with E-state index in [2.05, 4.69) is 146 Å². The second-order valence-electron chi connectivity index (χ2n) is 12.8. The zero-order chi connectivity index (χ0) is 32.2. The number of hydrogen-bond donors (Lipinski definition) is 0. The van der Waals surface area contributed by atoms with Crippen LogP contribution in [0.25, 0.3) is 77.6 Å². The fraction of sp³-hybridized carbons (Fsp3) is 0.0667. The van der Waals surface area contributed by atoms with E-state index in [1.165, 1.54) is 22.3 Å². The van der Waals surface area contributed by atoms with Crippen LogP contribution in [-0.4, -0.2) is 5.79 Å². The van der Waals surface area contributed by atoms with Crippen LogP contribution >= 0.6 is 0 Å². The van der Waals surface area contributed by atoms with Crippen LogP contribution in [0.5, 0.6) is 11.5 Å². The first kappa shape index (κ1) is 28.2. The van der Waals surface area contributed by atoms with Crippen LogP contribution in [0.2, 0.25) is 0 Å². The molecule has 2 heterocycles. The smallest absolute Gasteiger partial charge is 0.245 e. The van der Waals surface area contributed by atoms with E-state index in [1.807, 2.05) is 26.0 Å². The van der Waals surface area contributed by atoms with Gasteiger partial charge in [0.05, 0.1) is 0 Å². The maximum absolute atomic E-state index is 6.63. The third-order valence-electron chi connectivity index (χ3n) is 9.16. The Kier molecular flexibility index (Phi) is 6.48. The minimum atomic E-state index is -0.875. The SMILES string of the molecule is CC1(C)Oc2cc(-c3cc(-c4ccccc4)cc(-c4ccccc4)c3)ccc2-c2cc(-c3cccc4c3oc3ccccc34)ccc2O1. The zero-order valence-electron chi connectivity index (χ0n) is 26.7. The maximum atomic E-state index is 6.63. The summed E-state index contributed by atoms with van der Waals surface area (Å²) in [5, 5.41) is 2.23. The first-order valence-electron chi connectivity index (χ1n) is 16.3. The van der Waals surface area contributed by atoms with Crippen LogP contribution in [0.4, 0.5) is 0 Å². The molecule has 0 fully saturated rings. The Labute approximate surface area is 279 Å². The van der Waals surface area contributed by atoms with E-state index >= 15 is 0 Å². The minimum absolute atomic E-state index is 0.779. The maximum Gasteiger partial charge on any atom is 0.245 e. The summed E-state index contributed by atoms with van der Waals surface area (Å²) in [7, 11) is 0. The van der Waals surface area contributed by atoms with E-state index in [9.17, 15) is 0 Å². The third kappa shape index (κ3) is 4.92. The van der Waals surface area contributed by atoms with Crippen molar-refractivity contribution in [3.8, 4) is 67.1 Å². The Morgan fingerprint density at radius 2 is 0.979 bits per heavy atom. The molecule has 7 aromatic carbocycles. The molecule has 230 valence electrons. The zero-order valence-corrected chi connectivity index (χ0v) is 26.7. The van der Waals surface area contributed by atoms with Gasteiger partial charge in [0.15, 0.2) is 0 Å². The van der Waals surface area contributed by atoms with Gasteiger partial charge in [0.2, 0.25) is 5.79 Å². The molecule has 0 N–H and O–H groups in total.